The second kappa shape index (κ2) is 7.01. The topological polar surface area (TPSA) is 32.8 Å². The lowest BCUT2D eigenvalue weighted by molar-refractivity contribution is 0.0542. The molecule has 4 nitrogen and oxygen atoms in total. The second-order valence-corrected chi connectivity index (χ2v) is 6.00. The SMILES string of the molecule is COc1ccccc1C1CN(C(=O)c2cccc(F)c2)CCN1C. The Morgan fingerprint density at radius 3 is 2.71 bits per heavy atom. The van der Waals surface area contributed by atoms with Gasteiger partial charge in [-0.1, -0.05) is 24.3 Å². The number of ether oxygens (including phenoxy) is 1. The monoisotopic (exact) mass is 328 g/mol. The van der Waals surface area contributed by atoms with E-state index >= 15 is 0 Å². The van der Waals surface area contributed by atoms with E-state index < -0.39 is 5.82 Å². The maximum Gasteiger partial charge on any atom is 0.254 e. The average molecular weight is 328 g/mol. The molecule has 0 bridgehead atoms. The van der Waals surface area contributed by atoms with E-state index in [-0.39, 0.29) is 11.9 Å². The smallest absolute Gasteiger partial charge is 0.254 e. The highest BCUT2D eigenvalue weighted by molar-refractivity contribution is 5.94. The van der Waals surface area contributed by atoms with Crippen LogP contribution >= 0.6 is 0 Å². The summed E-state index contributed by atoms with van der Waals surface area (Å²) in [6.07, 6.45) is 0. The second-order valence-electron chi connectivity index (χ2n) is 6.00. The fourth-order valence-corrected chi connectivity index (χ4v) is 3.14. The summed E-state index contributed by atoms with van der Waals surface area (Å²) in [5, 5.41) is 0. The Balaban J connectivity index is 1.84. The molecule has 2 aromatic carbocycles. The highest BCUT2D eigenvalue weighted by Gasteiger charge is 2.30. The summed E-state index contributed by atoms with van der Waals surface area (Å²) in [7, 11) is 3.69. The number of carbonyl (C=O) groups is 1. The van der Waals surface area contributed by atoms with Crippen LogP contribution < -0.4 is 4.74 Å². The van der Waals surface area contributed by atoms with E-state index in [1.54, 1.807) is 24.1 Å². The molecular weight excluding hydrogens is 307 g/mol. The number of para-hydroxylation sites is 1. The molecule has 1 aliphatic rings. The van der Waals surface area contributed by atoms with Crippen LogP contribution in [0.5, 0.6) is 5.75 Å². The number of nitrogens with zero attached hydrogens (tertiary/aromatic N) is 2. The molecule has 126 valence electrons. The molecule has 0 radical (unpaired) electrons. The lowest BCUT2D eigenvalue weighted by Crippen LogP contribution is -2.49. The highest BCUT2D eigenvalue weighted by Crippen LogP contribution is 2.31. The molecule has 1 heterocycles. The Morgan fingerprint density at radius 1 is 1.17 bits per heavy atom. The van der Waals surface area contributed by atoms with Gasteiger partial charge in [0.05, 0.1) is 13.2 Å². The third-order valence-corrected chi connectivity index (χ3v) is 4.50. The summed E-state index contributed by atoms with van der Waals surface area (Å²) in [6, 6.07) is 13.8. The number of hydrogen-bond donors (Lipinski definition) is 0. The van der Waals surface area contributed by atoms with E-state index in [0.717, 1.165) is 17.9 Å². The summed E-state index contributed by atoms with van der Waals surface area (Å²) in [6.45, 7) is 1.92. The third-order valence-electron chi connectivity index (χ3n) is 4.50. The van der Waals surface area contributed by atoms with Gasteiger partial charge >= 0.3 is 0 Å². The number of methoxy groups -OCH3 is 1. The fraction of sp³-hybridized carbons (Fsp3) is 0.316. The zero-order chi connectivity index (χ0) is 17.1. The molecule has 1 aliphatic heterocycles. The standard InChI is InChI=1S/C19H21FN2O2/c1-21-10-11-22(19(23)14-6-5-7-15(20)12-14)13-17(21)16-8-3-4-9-18(16)24-2/h3-9,12,17H,10-11,13H2,1-2H3. The predicted molar refractivity (Wildman–Crippen MR) is 90.7 cm³/mol. The van der Waals surface area contributed by atoms with Crippen molar-refractivity contribution in [1.82, 2.24) is 9.80 Å². The van der Waals surface area contributed by atoms with E-state index in [1.807, 2.05) is 31.3 Å². The normalized spacial score (nSPS) is 18.5. The van der Waals surface area contributed by atoms with Gasteiger partial charge in [-0.05, 0) is 31.3 Å². The zero-order valence-electron chi connectivity index (χ0n) is 13.9. The first-order chi connectivity index (χ1) is 11.6. The Kier molecular flexibility index (Phi) is 4.81. The summed E-state index contributed by atoms with van der Waals surface area (Å²) in [4.78, 5) is 16.7. The maximum atomic E-state index is 13.4. The van der Waals surface area contributed by atoms with E-state index in [9.17, 15) is 9.18 Å². The fourth-order valence-electron chi connectivity index (χ4n) is 3.14. The molecule has 0 aliphatic carbocycles. The van der Waals surface area contributed by atoms with Crippen molar-refractivity contribution in [1.29, 1.82) is 0 Å². The van der Waals surface area contributed by atoms with Crippen LogP contribution in [0, 0.1) is 5.82 Å². The molecule has 1 saturated heterocycles. The molecule has 2 aromatic rings. The summed E-state index contributed by atoms with van der Waals surface area (Å²) in [5.74, 6) is 0.285. The van der Waals surface area contributed by atoms with Gasteiger partial charge in [0.25, 0.3) is 5.91 Å². The van der Waals surface area contributed by atoms with Crippen LogP contribution in [0.3, 0.4) is 0 Å². The van der Waals surface area contributed by atoms with Gasteiger partial charge in [0.15, 0.2) is 0 Å². The van der Waals surface area contributed by atoms with Crippen molar-refractivity contribution in [3.05, 3.63) is 65.5 Å². The highest BCUT2D eigenvalue weighted by atomic mass is 19.1. The van der Waals surface area contributed by atoms with Crippen LogP contribution in [-0.2, 0) is 0 Å². The Hall–Kier alpha value is -2.40. The quantitative estimate of drug-likeness (QED) is 0.868. The minimum Gasteiger partial charge on any atom is -0.496 e. The number of likely N-dealkylation sites (N-methyl/N-ethyl adjacent to an activating group) is 1. The first-order valence-electron chi connectivity index (χ1n) is 7.98. The number of carbonyl (C=O) groups excluding carboxylic acids is 1. The number of benzene rings is 2. The van der Waals surface area contributed by atoms with Crippen LogP contribution in [0.4, 0.5) is 4.39 Å². The molecule has 1 atom stereocenters. The number of halogens is 1. The van der Waals surface area contributed by atoms with Gasteiger partial charge in [0.1, 0.15) is 11.6 Å². The number of rotatable bonds is 3. The predicted octanol–water partition coefficient (Wildman–Crippen LogP) is 2.96. The molecule has 3 rings (SSSR count). The van der Waals surface area contributed by atoms with Crippen LogP contribution in [0.25, 0.3) is 0 Å². The zero-order valence-corrected chi connectivity index (χ0v) is 13.9. The van der Waals surface area contributed by atoms with Gasteiger partial charge in [-0.3, -0.25) is 9.69 Å². The van der Waals surface area contributed by atoms with Crippen molar-refractivity contribution in [2.24, 2.45) is 0 Å². The minimum absolute atomic E-state index is 0.0485. The van der Waals surface area contributed by atoms with Crippen molar-refractivity contribution in [3.8, 4) is 5.75 Å². The molecular formula is C19H21FN2O2. The van der Waals surface area contributed by atoms with Crippen LogP contribution in [0.1, 0.15) is 22.0 Å². The van der Waals surface area contributed by atoms with Gasteiger partial charge in [-0.2, -0.15) is 0 Å². The van der Waals surface area contributed by atoms with Crippen LogP contribution in [-0.4, -0.2) is 49.5 Å². The Bertz CT molecular complexity index is 735. The molecule has 0 N–H and O–H groups in total. The number of hydrogen-bond acceptors (Lipinski definition) is 3. The average Bonchev–Trinajstić information content (AvgIpc) is 2.61. The lowest BCUT2D eigenvalue weighted by atomic mass is 10.0. The molecule has 1 fully saturated rings. The van der Waals surface area contributed by atoms with Crippen molar-refractivity contribution in [3.63, 3.8) is 0 Å². The summed E-state index contributed by atoms with van der Waals surface area (Å²) >= 11 is 0. The van der Waals surface area contributed by atoms with E-state index in [2.05, 4.69) is 4.90 Å². The molecule has 0 spiro atoms. The van der Waals surface area contributed by atoms with Gasteiger partial charge < -0.3 is 9.64 Å². The van der Waals surface area contributed by atoms with E-state index in [1.165, 1.54) is 12.1 Å². The van der Waals surface area contributed by atoms with Crippen molar-refractivity contribution < 1.29 is 13.9 Å². The van der Waals surface area contributed by atoms with Gasteiger partial charge in [0.2, 0.25) is 0 Å². The maximum absolute atomic E-state index is 13.4. The first-order valence-corrected chi connectivity index (χ1v) is 7.98. The van der Waals surface area contributed by atoms with Crippen molar-refractivity contribution in [2.75, 3.05) is 33.8 Å². The van der Waals surface area contributed by atoms with E-state index in [4.69, 9.17) is 4.74 Å². The number of amides is 1. The Morgan fingerprint density at radius 2 is 1.96 bits per heavy atom. The molecule has 5 heteroatoms. The molecule has 1 unspecified atom stereocenters. The van der Waals surface area contributed by atoms with Crippen molar-refractivity contribution >= 4 is 5.91 Å². The molecule has 24 heavy (non-hydrogen) atoms. The lowest BCUT2D eigenvalue weighted by Gasteiger charge is -2.40. The van der Waals surface area contributed by atoms with Gasteiger partial charge in [-0.15, -0.1) is 0 Å². The summed E-state index contributed by atoms with van der Waals surface area (Å²) in [5.41, 5.74) is 1.44. The molecule has 0 saturated carbocycles. The number of piperazine rings is 1. The molecule has 1 amide bonds. The van der Waals surface area contributed by atoms with E-state index in [0.29, 0.717) is 18.7 Å². The van der Waals surface area contributed by atoms with Crippen LogP contribution in [0.2, 0.25) is 0 Å². The first kappa shape index (κ1) is 16.5. The van der Waals surface area contributed by atoms with Gasteiger partial charge in [-0.25, -0.2) is 4.39 Å². The summed E-state index contributed by atoms with van der Waals surface area (Å²) < 4.78 is 18.9. The van der Waals surface area contributed by atoms with Crippen LogP contribution in [0.15, 0.2) is 48.5 Å². The largest absolute Gasteiger partial charge is 0.496 e. The van der Waals surface area contributed by atoms with Crippen molar-refractivity contribution in [2.45, 2.75) is 6.04 Å². The minimum atomic E-state index is -0.392. The van der Waals surface area contributed by atoms with Gasteiger partial charge in [0, 0.05) is 30.8 Å². The Labute approximate surface area is 141 Å². The third kappa shape index (κ3) is 3.26. The molecule has 0 aromatic heterocycles.